The summed E-state index contributed by atoms with van der Waals surface area (Å²) in [6.07, 6.45) is 0.240. The second-order valence-corrected chi connectivity index (χ2v) is 4.99. The first-order chi connectivity index (χ1) is 7.39. The van der Waals surface area contributed by atoms with E-state index >= 15 is 0 Å². The third-order valence-corrected chi connectivity index (χ3v) is 2.91. The largest absolute Gasteiger partial charge is 0.393 e. The second kappa shape index (κ2) is 5.29. The van der Waals surface area contributed by atoms with Gasteiger partial charge in [0.25, 0.3) is 10.1 Å². The van der Waals surface area contributed by atoms with E-state index in [2.05, 4.69) is 5.32 Å². The van der Waals surface area contributed by atoms with Crippen molar-refractivity contribution >= 4 is 15.8 Å². The maximum atomic E-state index is 10.7. The van der Waals surface area contributed by atoms with Gasteiger partial charge in [0.05, 0.1) is 11.0 Å². The lowest BCUT2D eigenvalue weighted by atomic mass is 10.2. The Kier molecular flexibility index (Phi) is 4.28. The zero-order chi connectivity index (χ0) is 12.2. The van der Waals surface area contributed by atoms with E-state index in [1.54, 1.807) is 19.1 Å². The molecule has 0 aliphatic heterocycles. The van der Waals surface area contributed by atoms with Crippen molar-refractivity contribution in [2.75, 3.05) is 11.9 Å². The Bertz CT molecular complexity index is 425. The number of aliphatic hydroxyl groups excluding tert-OH is 1. The Labute approximate surface area is 94.9 Å². The van der Waals surface area contributed by atoms with Crippen molar-refractivity contribution in [1.29, 1.82) is 0 Å². The van der Waals surface area contributed by atoms with Crippen LogP contribution < -0.4 is 5.32 Å². The Morgan fingerprint density at radius 2 is 1.88 bits per heavy atom. The van der Waals surface area contributed by atoms with Gasteiger partial charge in [-0.25, -0.2) is 0 Å². The summed E-state index contributed by atoms with van der Waals surface area (Å²) in [5.74, 6) is 0. The number of benzene rings is 1. The lowest BCUT2D eigenvalue weighted by molar-refractivity contribution is 0.189. The summed E-state index contributed by atoms with van der Waals surface area (Å²) in [4.78, 5) is -0.131. The summed E-state index contributed by atoms with van der Waals surface area (Å²) < 4.78 is 30.2. The van der Waals surface area contributed by atoms with E-state index in [1.165, 1.54) is 12.1 Å². The predicted octanol–water partition coefficient (Wildman–Crippen LogP) is 1.12. The first kappa shape index (κ1) is 13.0. The number of aliphatic hydroxyl groups is 1. The van der Waals surface area contributed by atoms with Gasteiger partial charge in [-0.2, -0.15) is 8.42 Å². The minimum absolute atomic E-state index is 0.131. The highest BCUT2D eigenvalue weighted by atomic mass is 32.2. The maximum Gasteiger partial charge on any atom is 0.294 e. The highest BCUT2D eigenvalue weighted by Gasteiger charge is 2.08. The van der Waals surface area contributed by atoms with Gasteiger partial charge < -0.3 is 10.4 Å². The number of anilines is 1. The van der Waals surface area contributed by atoms with Crippen LogP contribution >= 0.6 is 0 Å². The maximum absolute atomic E-state index is 10.7. The zero-order valence-corrected chi connectivity index (χ0v) is 9.74. The van der Waals surface area contributed by atoms with Crippen LogP contribution in [-0.4, -0.2) is 30.7 Å². The molecule has 6 heteroatoms. The molecule has 0 heterocycles. The smallest absolute Gasteiger partial charge is 0.294 e. The van der Waals surface area contributed by atoms with Crippen LogP contribution in [-0.2, 0) is 10.1 Å². The molecule has 1 atom stereocenters. The third kappa shape index (κ3) is 4.18. The van der Waals surface area contributed by atoms with Crippen LogP contribution in [0.25, 0.3) is 0 Å². The molecule has 16 heavy (non-hydrogen) atoms. The SMILES string of the molecule is CC(O)CCNc1ccc(S(=O)(=O)O)cc1. The van der Waals surface area contributed by atoms with Gasteiger partial charge in [-0.1, -0.05) is 0 Å². The van der Waals surface area contributed by atoms with Crippen LogP contribution in [0.4, 0.5) is 5.69 Å². The fourth-order valence-corrected chi connectivity index (χ4v) is 1.65. The van der Waals surface area contributed by atoms with E-state index in [0.717, 1.165) is 5.69 Å². The molecule has 0 amide bonds. The second-order valence-electron chi connectivity index (χ2n) is 3.56. The molecule has 5 nitrogen and oxygen atoms in total. The van der Waals surface area contributed by atoms with Crippen LogP contribution in [0.2, 0.25) is 0 Å². The van der Waals surface area contributed by atoms with E-state index in [-0.39, 0.29) is 11.0 Å². The summed E-state index contributed by atoms with van der Waals surface area (Å²) >= 11 is 0. The number of nitrogens with one attached hydrogen (secondary N) is 1. The van der Waals surface area contributed by atoms with Gasteiger partial charge in [-0.3, -0.25) is 4.55 Å². The molecule has 1 aromatic carbocycles. The molecule has 1 aromatic rings. The van der Waals surface area contributed by atoms with Crippen LogP contribution in [0, 0.1) is 0 Å². The highest BCUT2D eigenvalue weighted by molar-refractivity contribution is 7.85. The minimum atomic E-state index is -4.12. The van der Waals surface area contributed by atoms with Crippen molar-refractivity contribution in [3.05, 3.63) is 24.3 Å². The van der Waals surface area contributed by atoms with Crippen molar-refractivity contribution in [2.45, 2.75) is 24.3 Å². The van der Waals surface area contributed by atoms with E-state index in [4.69, 9.17) is 9.66 Å². The highest BCUT2D eigenvalue weighted by Crippen LogP contribution is 2.13. The molecule has 0 bridgehead atoms. The van der Waals surface area contributed by atoms with E-state index in [1.807, 2.05) is 0 Å². The number of hydrogen-bond donors (Lipinski definition) is 3. The van der Waals surface area contributed by atoms with Crippen LogP contribution in [0.15, 0.2) is 29.2 Å². The van der Waals surface area contributed by atoms with Crippen LogP contribution in [0.1, 0.15) is 13.3 Å². The molecule has 3 N–H and O–H groups in total. The van der Waals surface area contributed by atoms with Crippen molar-refractivity contribution in [2.24, 2.45) is 0 Å². The summed E-state index contributed by atoms with van der Waals surface area (Å²) in [5, 5.41) is 12.0. The minimum Gasteiger partial charge on any atom is -0.393 e. The summed E-state index contributed by atoms with van der Waals surface area (Å²) in [7, 11) is -4.12. The van der Waals surface area contributed by atoms with Gasteiger partial charge in [0.2, 0.25) is 0 Å². The van der Waals surface area contributed by atoms with Gasteiger partial charge >= 0.3 is 0 Å². The molecule has 0 aliphatic rings. The average Bonchev–Trinajstić information content (AvgIpc) is 2.16. The molecule has 0 saturated carbocycles. The molecule has 0 aliphatic carbocycles. The van der Waals surface area contributed by atoms with Crippen molar-refractivity contribution in [3.63, 3.8) is 0 Å². The molecule has 1 rings (SSSR count). The fourth-order valence-electron chi connectivity index (χ4n) is 1.17. The normalized spacial score (nSPS) is 13.4. The molecule has 0 spiro atoms. The molecule has 0 radical (unpaired) electrons. The van der Waals surface area contributed by atoms with Gasteiger partial charge in [0.15, 0.2) is 0 Å². The quantitative estimate of drug-likeness (QED) is 0.677. The summed E-state index contributed by atoms with van der Waals surface area (Å²) in [5.41, 5.74) is 0.744. The Balaban J connectivity index is 2.59. The Morgan fingerprint density at radius 1 is 1.31 bits per heavy atom. The lowest BCUT2D eigenvalue weighted by Gasteiger charge is -2.08. The standard InChI is InChI=1S/C10H15NO4S/c1-8(12)6-7-11-9-2-4-10(5-3-9)16(13,14)15/h2-5,8,11-12H,6-7H2,1H3,(H,13,14,15). The predicted molar refractivity (Wildman–Crippen MR) is 61.0 cm³/mol. The lowest BCUT2D eigenvalue weighted by Crippen LogP contribution is -2.09. The Hall–Kier alpha value is -1.11. The summed E-state index contributed by atoms with van der Waals surface area (Å²) in [6, 6.07) is 5.76. The average molecular weight is 245 g/mol. The van der Waals surface area contributed by atoms with Crippen LogP contribution in [0.5, 0.6) is 0 Å². The summed E-state index contributed by atoms with van der Waals surface area (Å²) in [6.45, 7) is 2.30. The fraction of sp³-hybridized carbons (Fsp3) is 0.400. The first-order valence-electron chi connectivity index (χ1n) is 4.89. The van der Waals surface area contributed by atoms with Gasteiger partial charge in [0.1, 0.15) is 0 Å². The van der Waals surface area contributed by atoms with Gasteiger partial charge in [0, 0.05) is 12.2 Å². The van der Waals surface area contributed by atoms with E-state index in [0.29, 0.717) is 13.0 Å². The van der Waals surface area contributed by atoms with Gasteiger partial charge in [-0.15, -0.1) is 0 Å². The molecular weight excluding hydrogens is 230 g/mol. The van der Waals surface area contributed by atoms with Gasteiger partial charge in [-0.05, 0) is 37.6 Å². The molecule has 0 saturated heterocycles. The molecular formula is C10H15NO4S. The Morgan fingerprint density at radius 3 is 2.31 bits per heavy atom. The third-order valence-electron chi connectivity index (χ3n) is 2.04. The molecule has 0 aromatic heterocycles. The number of rotatable bonds is 5. The topological polar surface area (TPSA) is 86.6 Å². The van der Waals surface area contributed by atoms with Crippen molar-refractivity contribution < 1.29 is 18.1 Å². The van der Waals surface area contributed by atoms with Crippen molar-refractivity contribution in [3.8, 4) is 0 Å². The monoisotopic (exact) mass is 245 g/mol. The number of hydrogen-bond acceptors (Lipinski definition) is 4. The van der Waals surface area contributed by atoms with Crippen molar-refractivity contribution in [1.82, 2.24) is 0 Å². The molecule has 90 valence electrons. The first-order valence-corrected chi connectivity index (χ1v) is 6.33. The van der Waals surface area contributed by atoms with E-state index < -0.39 is 10.1 Å². The zero-order valence-electron chi connectivity index (χ0n) is 8.92. The van der Waals surface area contributed by atoms with Crippen LogP contribution in [0.3, 0.4) is 0 Å². The van der Waals surface area contributed by atoms with E-state index in [9.17, 15) is 8.42 Å². The molecule has 1 unspecified atom stereocenters. The molecule has 0 fully saturated rings.